The predicted octanol–water partition coefficient (Wildman–Crippen LogP) is 5.06. The highest BCUT2D eigenvalue weighted by molar-refractivity contribution is 6.47. The van der Waals surface area contributed by atoms with Crippen LogP contribution in [0.5, 0.6) is 0 Å². The van der Waals surface area contributed by atoms with E-state index >= 15 is 0 Å². The Morgan fingerprint density at radius 1 is 0.882 bits per heavy atom. The van der Waals surface area contributed by atoms with Gasteiger partial charge in [0.2, 0.25) is 0 Å². The molecule has 7 N–H and O–H groups in total. The minimum absolute atomic E-state index is 0.0813. The maximum absolute atomic E-state index is 13.7. The van der Waals surface area contributed by atoms with Crippen molar-refractivity contribution in [1.29, 1.82) is 10.8 Å². The number of hydrogen-bond acceptors (Lipinski definition) is 5. The maximum Gasteiger partial charge on any atom is 0.123 e. The van der Waals surface area contributed by atoms with E-state index in [0.717, 1.165) is 43.4 Å². The normalized spacial score (nSPS) is 17.9. The highest BCUT2D eigenvalue weighted by atomic mass is 19.1. The van der Waals surface area contributed by atoms with Crippen LogP contribution in [-0.4, -0.2) is 23.5 Å². The number of nitrogens with two attached hydrogens (primary N) is 2. The van der Waals surface area contributed by atoms with Gasteiger partial charge in [-0.15, -0.1) is 0 Å². The second kappa shape index (κ2) is 10.7. The van der Waals surface area contributed by atoms with Crippen molar-refractivity contribution in [3.63, 3.8) is 0 Å². The van der Waals surface area contributed by atoms with E-state index in [0.29, 0.717) is 35.3 Å². The number of anilines is 1. The van der Waals surface area contributed by atoms with Crippen LogP contribution in [0.15, 0.2) is 66.7 Å². The first-order chi connectivity index (χ1) is 16.4. The molecule has 0 unspecified atom stereocenters. The molecule has 3 aromatic rings. The summed E-state index contributed by atoms with van der Waals surface area (Å²) in [5.41, 5.74) is 17.0. The molecule has 5 nitrogen and oxygen atoms in total. The van der Waals surface area contributed by atoms with E-state index in [2.05, 4.69) is 17.4 Å². The molecule has 6 heteroatoms. The maximum atomic E-state index is 13.7. The Labute approximate surface area is 200 Å². The summed E-state index contributed by atoms with van der Waals surface area (Å²) in [6.45, 7) is 0.779. The van der Waals surface area contributed by atoms with Crippen molar-refractivity contribution in [2.45, 2.75) is 50.7 Å². The van der Waals surface area contributed by atoms with Crippen LogP contribution in [0.25, 0.3) is 11.1 Å². The van der Waals surface area contributed by atoms with E-state index in [1.54, 1.807) is 24.3 Å². The second-order valence-electron chi connectivity index (χ2n) is 9.16. The highest BCUT2D eigenvalue weighted by Gasteiger charge is 2.18. The van der Waals surface area contributed by atoms with Gasteiger partial charge in [0.15, 0.2) is 0 Å². The lowest BCUT2D eigenvalue weighted by atomic mass is 9.91. The summed E-state index contributed by atoms with van der Waals surface area (Å²) < 4.78 is 13.7. The molecule has 0 radical (unpaired) electrons. The summed E-state index contributed by atoms with van der Waals surface area (Å²) in [5, 5.41) is 20.8. The zero-order valence-corrected chi connectivity index (χ0v) is 19.3. The van der Waals surface area contributed by atoms with Gasteiger partial charge in [-0.05, 0) is 72.2 Å². The molecule has 176 valence electrons. The van der Waals surface area contributed by atoms with Crippen molar-refractivity contribution in [3.05, 3.63) is 89.2 Å². The molecule has 1 saturated carbocycles. The summed E-state index contributed by atoms with van der Waals surface area (Å²) >= 11 is 0. The standard InChI is InChI=1S/C28H32FN5/c29-22-6-2-5-20(15-22)21-7-12-26(31)25(16-21)28(33)27(32)14-18-3-1-4-19(13-18)17-34-24-10-8-23(30)9-11-24/h1-7,12-13,15-16,23-24,32-34H,8-11,14,17,30-31H2. The van der Waals surface area contributed by atoms with Gasteiger partial charge in [-0.25, -0.2) is 4.39 Å². The number of rotatable bonds is 8. The van der Waals surface area contributed by atoms with Crippen LogP contribution in [0, 0.1) is 16.6 Å². The van der Waals surface area contributed by atoms with Crippen molar-refractivity contribution >= 4 is 17.1 Å². The number of benzene rings is 3. The molecule has 0 atom stereocenters. The second-order valence-corrected chi connectivity index (χ2v) is 9.16. The van der Waals surface area contributed by atoms with Gasteiger partial charge in [0.1, 0.15) is 5.82 Å². The van der Waals surface area contributed by atoms with Crippen LogP contribution in [0.1, 0.15) is 42.4 Å². The third-order valence-corrected chi connectivity index (χ3v) is 6.52. The molecule has 0 amide bonds. The molecule has 4 rings (SSSR count). The monoisotopic (exact) mass is 457 g/mol. The first kappa shape index (κ1) is 23.8. The summed E-state index contributed by atoms with van der Waals surface area (Å²) in [6, 6.07) is 20.6. The molecule has 0 aromatic heterocycles. The van der Waals surface area contributed by atoms with Crippen LogP contribution < -0.4 is 16.8 Å². The largest absolute Gasteiger partial charge is 0.398 e. The van der Waals surface area contributed by atoms with Crippen molar-refractivity contribution in [2.24, 2.45) is 5.73 Å². The van der Waals surface area contributed by atoms with E-state index in [1.165, 1.54) is 17.7 Å². The Hall–Kier alpha value is -3.35. The third-order valence-electron chi connectivity index (χ3n) is 6.52. The van der Waals surface area contributed by atoms with E-state index in [4.69, 9.17) is 22.3 Å². The molecule has 34 heavy (non-hydrogen) atoms. The molecule has 1 aliphatic carbocycles. The molecule has 0 heterocycles. The highest BCUT2D eigenvalue weighted by Crippen LogP contribution is 2.25. The predicted molar refractivity (Wildman–Crippen MR) is 138 cm³/mol. The Bertz CT molecular complexity index is 1180. The van der Waals surface area contributed by atoms with Crippen LogP contribution >= 0.6 is 0 Å². The van der Waals surface area contributed by atoms with E-state index in [-0.39, 0.29) is 17.2 Å². The zero-order chi connectivity index (χ0) is 24.1. The van der Waals surface area contributed by atoms with Gasteiger partial charge in [0.05, 0.1) is 11.4 Å². The lowest BCUT2D eigenvalue weighted by Gasteiger charge is -2.27. The topological polar surface area (TPSA) is 112 Å². The zero-order valence-electron chi connectivity index (χ0n) is 19.3. The average Bonchev–Trinajstić information content (AvgIpc) is 2.84. The van der Waals surface area contributed by atoms with Crippen molar-refractivity contribution in [2.75, 3.05) is 5.73 Å². The van der Waals surface area contributed by atoms with Crippen molar-refractivity contribution < 1.29 is 4.39 Å². The van der Waals surface area contributed by atoms with Gasteiger partial charge >= 0.3 is 0 Å². The molecule has 3 aromatic carbocycles. The third kappa shape index (κ3) is 5.95. The SMILES string of the molecule is N=C(Cc1cccc(CNC2CCC(N)CC2)c1)C(=N)c1cc(-c2cccc(F)c2)ccc1N. The molecule has 1 fully saturated rings. The fourth-order valence-electron chi connectivity index (χ4n) is 4.51. The Kier molecular flexibility index (Phi) is 7.50. The van der Waals surface area contributed by atoms with Gasteiger partial charge < -0.3 is 22.2 Å². The van der Waals surface area contributed by atoms with E-state index in [1.807, 2.05) is 18.2 Å². The Morgan fingerprint density at radius 2 is 1.59 bits per heavy atom. The number of halogens is 1. The molecular weight excluding hydrogens is 425 g/mol. The van der Waals surface area contributed by atoms with Crippen LogP contribution in [0.3, 0.4) is 0 Å². The van der Waals surface area contributed by atoms with Gasteiger partial charge in [-0.3, -0.25) is 5.41 Å². The summed E-state index contributed by atoms with van der Waals surface area (Å²) in [4.78, 5) is 0. The summed E-state index contributed by atoms with van der Waals surface area (Å²) in [6.07, 6.45) is 4.70. The van der Waals surface area contributed by atoms with Gasteiger partial charge in [0, 0.05) is 36.3 Å². The quantitative estimate of drug-likeness (QED) is 0.241. The Balaban J connectivity index is 1.42. The van der Waals surface area contributed by atoms with Crippen LogP contribution in [-0.2, 0) is 13.0 Å². The number of nitrogens with one attached hydrogen (secondary N) is 3. The van der Waals surface area contributed by atoms with Gasteiger partial charge in [-0.2, -0.15) is 0 Å². The first-order valence-corrected chi connectivity index (χ1v) is 11.8. The van der Waals surface area contributed by atoms with E-state index in [9.17, 15) is 4.39 Å². The molecule has 1 aliphatic rings. The number of hydrogen-bond donors (Lipinski definition) is 5. The minimum Gasteiger partial charge on any atom is -0.398 e. The van der Waals surface area contributed by atoms with Crippen LogP contribution in [0.2, 0.25) is 0 Å². The van der Waals surface area contributed by atoms with Gasteiger partial charge in [0.25, 0.3) is 0 Å². The molecule has 0 aliphatic heterocycles. The minimum atomic E-state index is -0.319. The molecule has 0 spiro atoms. The molecule has 0 saturated heterocycles. The summed E-state index contributed by atoms with van der Waals surface area (Å²) in [7, 11) is 0. The fourth-order valence-corrected chi connectivity index (χ4v) is 4.51. The fraction of sp³-hybridized carbons (Fsp3) is 0.286. The lowest BCUT2D eigenvalue weighted by Crippen LogP contribution is -2.37. The molecular formula is C28H32FN5. The average molecular weight is 458 g/mol. The van der Waals surface area contributed by atoms with Crippen LogP contribution in [0.4, 0.5) is 10.1 Å². The summed E-state index contributed by atoms with van der Waals surface area (Å²) in [5.74, 6) is -0.319. The van der Waals surface area contributed by atoms with E-state index < -0.39 is 0 Å². The smallest absolute Gasteiger partial charge is 0.123 e. The molecule has 0 bridgehead atoms. The lowest BCUT2D eigenvalue weighted by molar-refractivity contribution is 0.342. The first-order valence-electron chi connectivity index (χ1n) is 11.8. The number of nitrogen functional groups attached to an aromatic ring is 1. The van der Waals surface area contributed by atoms with Crippen molar-refractivity contribution in [3.8, 4) is 11.1 Å². The Morgan fingerprint density at radius 3 is 2.35 bits per heavy atom. The van der Waals surface area contributed by atoms with Crippen molar-refractivity contribution in [1.82, 2.24) is 5.32 Å². The van der Waals surface area contributed by atoms with Gasteiger partial charge in [-0.1, -0.05) is 42.5 Å².